The number of aliphatic imine (C=N–C) groups is 1. The standard InChI is InChI=1S/C19H28N6/c1-4-20-19(24-10-5-6-15(2)14-24)23-13-17-7-8-18(22-12-17)25-11-9-21-16(25)3/h7-9,11-12,15H,4-6,10,13-14H2,1-3H3,(H,20,23). The summed E-state index contributed by atoms with van der Waals surface area (Å²) < 4.78 is 1.98. The van der Waals surface area contributed by atoms with E-state index < -0.39 is 0 Å². The maximum absolute atomic E-state index is 4.82. The van der Waals surface area contributed by atoms with Crippen molar-refractivity contribution in [1.29, 1.82) is 0 Å². The minimum absolute atomic E-state index is 0.642. The summed E-state index contributed by atoms with van der Waals surface area (Å²) in [6, 6.07) is 4.11. The number of nitrogens with one attached hydrogen (secondary N) is 1. The molecule has 0 bridgehead atoms. The summed E-state index contributed by atoms with van der Waals surface area (Å²) in [5.74, 6) is 3.58. The van der Waals surface area contributed by atoms with E-state index in [-0.39, 0.29) is 0 Å². The molecule has 1 atom stereocenters. The van der Waals surface area contributed by atoms with E-state index >= 15 is 0 Å². The van der Waals surface area contributed by atoms with Crippen LogP contribution in [0.5, 0.6) is 0 Å². The van der Waals surface area contributed by atoms with Gasteiger partial charge in [-0.1, -0.05) is 13.0 Å². The molecule has 2 aromatic rings. The maximum Gasteiger partial charge on any atom is 0.194 e. The Morgan fingerprint density at radius 1 is 1.36 bits per heavy atom. The molecule has 0 radical (unpaired) electrons. The number of aromatic nitrogens is 3. The lowest BCUT2D eigenvalue weighted by Crippen LogP contribution is -2.46. The zero-order chi connectivity index (χ0) is 17.6. The van der Waals surface area contributed by atoms with Crippen molar-refractivity contribution in [3.63, 3.8) is 0 Å². The van der Waals surface area contributed by atoms with E-state index in [1.807, 2.05) is 30.0 Å². The van der Waals surface area contributed by atoms with Gasteiger partial charge in [0.05, 0.1) is 6.54 Å². The van der Waals surface area contributed by atoms with Gasteiger partial charge < -0.3 is 10.2 Å². The number of piperidine rings is 1. The molecular formula is C19H28N6. The molecule has 6 heteroatoms. The zero-order valence-corrected chi connectivity index (χ0v) is 15.4. The van der Waals surface area contributed by atoms with Crippen LogP contribution in [0.4, 0.5) is 0 Å². The number of guanidine groups is 1. The molecule has 0 spiro atoms. The van der Waals surface area contributed by atoms with E-state index in [0.29, 0.717) is 6.54 Å². The summed E-state index contributed by atoms with van der Waals surface area (Å²) in [6.07, 6.45) is 8.18. The second kappa shape index (κ2) is 8.14. The highest BCUT2D eigenvalue weighted by Crippen LogP contribution is 2.16. The molecule has 0 aliphatic carbocycles. The van der Waals surface area contributed by atoms with Crippen molar-refractivity contribution in [2.24, 2.45) is 10.9 Å². The van der Waals surface area contributed by atoms with Crippen LogP contribution < -0.4 is 5.32 Å². The van der Waals surface area contributed by atoms with Crippen LogP contribution in [0.15, 0.2) is 35.7 Å². The molecule has 6 nitrogen and oxygen atoms in total. The average Bonchev–Trinajstić information content (AvgIpc) is 3.05. The number of pyridine rings is 1. The first kappa shape index (κ1) is 17.5. The highest BCUT2D eigenvalue weighted by molar-refractivity contribution is 5.80. The second-order valence-electron chi connectivity index (χ2n) is 6.73. The summed E-state index contributed by atoms with van der Waals surface area (Å²) in [5.41, 5.74) is 1.11. The molecular weight excluding hydrogens is 312 g/mol. The van der Waals surface area contributed by atoms with Gasteiger partial charge in [-0.15, -0.1) is 0 Å². The first-order valence-corrected chi connectivity index (χ1v) is 9.16. The third kappa shape index (κ3) is 4.38. The number of likely N-dealkylation sites (tertiary alicyclic amines) is 1. The predicted octanol–water partition coefficient (Wildman–Crippen LogP) is 2.77. The molecule has 1 saturated heterocycles. The highest BCUT2D eigenvalue weighted by Gasteiger charge is 2.19. The number of imidazole rings is 1. The molecule has 0 amide bonds. The van der Waals surface area contributed by atoms with Crippen LogP contribution in [0.2, 0.25) is 0 Å². The van der Waals surface area contributed by atoms with Crippen LogP contribution in [-0.4, -0.2) is 45.0 Å². The lowest BCUT2D eigenvalue weighted by molar-refractivity contribution is 0.266. The van der Waals surface area contributed by atoms with Gasteiger partial charge in [0.15, 0.2) is 5.96 Å². The molecule has 2 aromatic heterocycles. The molecule has 134 valence electrons. The van der Waals surface area contributed by atoms with E-state index in [4.69, 9.17) is 4.99 Å². The molecule has 3 rings (SSSR count). The molecule has 0 aromatic carbocycles. The fourth-order valence-corrected chi connectivity index (χ4v) is 3.25. The van der Waals surface area contributed by atoms with E-state index in [9.17, 15) is 0 Å². The Hall–Kier alpha value is -2.37. The van der Waals surface area contributed by atoms with Crippen molar-refractivity contribution in [2.75, 3.05) is 19.6 Å². The van der Waals surface area contributed by atoms with Crippen LogP contribution >= 0.6 is 0 Å². The molecule has 1 unspecified atom stereocenters. The molecule has 1 N–H and O–H groups in total. The van der Waals surface area contributed by atoms with Crippen molar-refractivity contribution < 1.29 is 0 Å². The fourth-order valence-electron chi connectivity index (χ4n) is 3.25. The van der Waals surface area contributed by atoms with Crippen molar-refractivity contribution >= 4 is 5.96 Å². The molecule has 1 fully saturated rings. The van der Waals surface area contributed by atoms with E-state index in [0.717, 1.165) is 48.7 Å². The number of hydrogen-bond acceptors (Lipinski definition) is 3. The van der Waals surface area contributed by atoms with Gasteiger partial charge in [-0.2, -0.15) is 0 Å². The number of rotatable bonds is 4. The molecule has 1 aliphatic rings. The van der Waals surface area contributed by atoms with Gasteiger partial charge in [-0.25, -0.2) is 15.0 Å². The summed E-state index contributed by atoms with van der Waals surface area (Å²) in [5, 5.41) is 3.43. The minimum atomic E-state index is 0.642. The Morgan fingerprint density at radius 3 is 2.88 bits per heavy atom. The first-order valence-electron chi connectivity index (χ1n) is 9.16. The van der Waals surface area contributed by atoms with Crippen molar-refractivity contribution in [3.8, 4) is 5.82 Å². The van der Waals surface area contributed by atoms with Crippen LogP contribution in [0.1, 0.15) is 38.1 Å². The quantitative estimate of drug-likeness (QED) is 0.687. The normalized spacial score (nSPS) is 18.4. The van der Waals surface area contributed by atoms with Gasteiger partial charge in [0.1, 0.15) is 11.6 Å². The number of nitrogens with zero attached hydrogens (tertiary/aromatic N) is 5. The maximum atomic E-state index is 4.82. The van der Waals surface area contributed by atoms with Crippen LogP contribution in [0.3, 0.4) is 0 Å². The van der Waals surface area contributed by atoms with Crippen molar-refractivity contribution in [2.45, 2.75) is 40.2 Å². The van der Waals surface area contributed by atoms with Crippen LogP contribution in [0.25, 0.3) is 5.82 Å². The largest absolute Gasteiger partial charge is 0.357 e. The average molecular weight is 340 g/mol. The van der Waals surface area contributed by atoms with Gasteiger partial charge >= 0.3 is 0 Å². The summed E-state index contributed by atoms with van der Waals surface area (Å²) in [7, 11) is 0. The van der Waals surface area contributed by atoms with Crippen LogP contribution in [0, 0.1) is 12.8 Å². The molecule has 0 saturated carbocycles. The van der Waals surface area contributed by atoms with Crippen molar-refractivity contribution in [3.05, 3.63) is 42.1 Å². The summed E-state index contributed by atoms with van der Waals surface area (Å²) in [6.45, 7) is 10.1. The monoisotopic (exact) mass is 340 g/mol. The van der Waals surface area contributed by atoms with E-state index in [1.165, 1.54) is 12.8 Å². The first-order chi connectivity index (χ1) is 12.2. The summed E-state index contributed by atoms with van der Waals surface area (Å²) >= 11 is 0. The van der Waals surface area contributed by atoms with Gasteiger partial charge in [0, 0.05) is 38.2 Å². The zero-order valence-electron chi connectivity index (χ0n) is 15.4. The smallest absolute Gasteiger partial charge is 0.194 e. The van der Waals surface area contributed by atoms with Gasteiger partial charge in [-0.3, -0.25) is 4.57 Å². The van der Waals surface area contributed by atoms with Gasteiger partial charge in [0.25, 0.3) is 0 Å². The Balaban J connectivity index is 1.69. The highest BCUT2D eigenvalue weighted by atomic mass is 15.3. The molecule has 3 heterocycles. The summed E-state index contributed by atoms with van der Waals surface area (Å²) in [4.78, 5) is 16.0. The Kier molecular flexibility index (Phi) is 5.68. The van der Waals surface area contributed by atoms with Crippen molar-refractivity contribution in [1.82, 2.24) is 24.8 Å². The lowest BCUT2D eigenvalue weighted by Gasteiger charge is -2.33. The Bertz CT molecular complexity index is 703. The van der Waals surface area contributed by atoms with Crippen LogP contribution in [-0.2, 0) is 6.54 Å². The molecule has 1 aliphatic heterocycles. The number of hydrogen-bond donors (Lipinski definition) is 1. The third-order valence-electron chi connectivity index (χ3n) is 4.58. The molecule has 25 heavy (non-hydrogen) atoms. The van der Waals surface area contributed by atoms with Gasteiger partial charge in [0.2, 0.25) is 0 Å². The lowest BCUT2D eigenvalue weighted by atomic mass is 10.0. The SMILES string of the molecule is CCNC(=NCc1ccc(-n2ccnc2C)nc1)N1CCCC(C)C1. The topological polar surface area (TPSA) is 58.3 Å². The number of aryl methyl sites for hydroxylation is 1. The Labute approximate surface area is 150 Å². The van der Waals surface area contributed by atoms with Gasteiger partial charge in [-0.05, 0) is 44.2 Å². The predicted molar refractivity (Wildman–Crippen MR) is 101 cm³/mol. The third-order valence-corrected chi connectivity index (χ3v) is 4.58. The Morgan fingerprint density at radius 2 is 2.24 bits per heavy atom. The minimum Gasteiger partial charge on any atom is -0.357 e. The van der Waals surface area contributed by atoms with E-state index in [1.54, 1.807) is 6.20 Å². The fraction of sp³-hybridized carbons (Fsp3) is 0.526. The second-order valence-corrected chi connectivity index (χ2v) is 6.73. The van der Waals surface area contributed by atoms with E-state index in [2.05, 4.69) is 40.1 Å².